The maximum Gasteiger partial charge on any atom is 0.236 e. The van der Waals surface area contributed by atoms with Gasteiger partial charge in [0.15, 0.2) is 0 Å². The highest BCUT2D eigenvalue weighted by Gasteiger charge is 2.15. The second-order valence-corrected chi connectivity index (χ2v) is 8.56. The molecule has 24 heavy (non-hydrogen) atoms. The Balaban J connectivity index is 1.61. The monoisotopic (exact) mass is 373 g/mol. The first-order chi connectivity index (χ1) is 11.6. The minimum atomic E-state index is 0.687. The van der Waals surface area contributed by atoms with Gasteiger partial charge in [0.05, 0.1) is 10.6 Å². The number of oxazole rings is 1. The van der Waals surface area contributed by atoms with Crippen LogP contribution in [0.5, 0.6) is 0 Å². The molecule has 0 N–H and O–H groups in total. The van der Waals surface area contributed by atoms with Crippen LogP contribution in [0, 0.1) is 20.8 Å². The number of aromatic nitrogens is 3. The van der Waals surface area contributed by atoms with E-state index in [1.54, 1.807) is 40.7 Å². The molecule has 7 heteroatoms. The molecule has 0 aromatic carbocycles. The fourth-order valence-corrected chi connectivity index (χ4v) is 5.25. The van der Waals surface area contributed by atoms with Crippen molar-refractivity contribution >= 4 is 44.7 Å². The third kappa shape index (κ3) is 2.87. The molecule has 0 unspecified atom stereocenters. The highest BCUT2D eigenvalue weighted by atomic mass is 32.2. The summed E-state index contributed by atoms with van der Waals surface area (Å²) in [6, 6.07) is 4.02. The number of rotatable bonds is 4. The second kappa shape index (κ2) is 6.31. The lowest BCUT2D eigenvalue weighted by Crippen LogP contribution is -1.92. The number of hydrogen-bond donors (Lipinski definition) is 0. The zero-order valence-electron chi connectivity index (χ0n) is 13.5. The molecule has 0 aliphatic carbocycles. The Bertz CT molecular complexity index is 1000. The molecule has 0 amide bonds. The normalized spacial score (nSPS) is 11.5. The molecule has 0 radical (unpaired) electrons. The molecule has 4 aromatic heterocycles. The van der Waals surface area contributed by atoms with E-state index in [9.17, 15) is 0 Å². The average molecular weight is 374 g/mol. The van der Waals surface area contributed by atoms with E-state index in [2.05, 4.69) is 28.8 Å². The van der Waals surface area contributed by atoms with Crippen LogP contribution in [0.15, 0.2) is 33.2 Å². The quantitative estimate of drug-likeness (QED) is 0.343. The van der Waals surface area contributed by atoms with Crippen molar-refractivity contribution in [1.29, 1.82) is 0 Å². The maximum absolute atomic E-state index is 5.59. The first-order valence-corrected chi connectivity index (χ1v) is 10.2. The molecule has 4 nitrogen and oxygen atoms in total. The van der Waals surface area contributed by atoms with Crippen LogP contribution < -0.4 is 0 Å². The first-order valence-electron chi connectivity index (χ1n) is 7.47. The van der Waals surface area contributed by atoms with Crippen LogP contribution in [-0.4, -0.2) is 15.0 Å². The standard InChI is InChI=1S/C17H15N3OS3/c1-9-10(2)24-17-14(9)16(18-11(3)19-17)23-8-12-7-21-15(20-12)13-5-4-6-22-13/h4-7H,8H2,1-3H3. The second-order valence-electron chi connectivity index (χ2n) is 5.45. The Kier molecular flexibility index (Phi) is 4.15. The largest absolute Gasteiger partial charge is 0.444 e. The van der Waals surface area contributed by atoms with Crippen LogP contribution in [0.4, 0.5) is 0 Å². The Morgan fingerprint density at radius 2 is 2.04 bits per heavy atom. The number of thioether (sulfide) groups is 1. The van der Waals surface area contributed by atoms with Crippen molar-refractivity contribution in [2.75, 3.05) is 0 Å². The van der Waals surface area contributed by atoms with Crippen molar-refractivity contribution in [1.82, 2.24) is 15.0 Å². The molecule has 0 saturated carbocycles. The lowest BCUT2D eigenvalue weighted by Gasteiger charge is -2.03. The number of hydrogen-bond acceptors (Lipinski definition) is 7. The van der Waals surface area contributed by atoms with E-state index in [4.69, 9.17) is 4.42 Å². The van der Waals surface area contributed by atoms with Gasteiger partial charge in [-0.3, -0.25) is 0 Å². The molecule has 0 bridgehead atoms. The molecular formula is C17H15N3OS3. The molecule has 0 aliphatic rings. The van der Waals surface area contributed by atoms with E-state index in [1.165, 1.54) is 15.8 Å². The number of aryl methyl sites for hydroxylation is 3. The Morgan fingerprint density at radius 1 is 1.17 bits per heavy atom. The highest BCUT2D eigenvalue weighted by Crippen LogP contribution is 2.36. The fourth-order valence-electron chi connectivity index (χ4n) is 2.45. The van der Waals surface area contributed by atoms with Crippen LogP contribution in [-0.2, 0) is 5.75 Å². The first kappa shape index (κ1) is 15.8. The molecular weight excluding hydrogens is 358 g/mol. The van der Waals surface area contributed by atoms with Gasteiger partial charge in [0.2, 0.25) is 5.89 Å². The minimum Gasteiger partial charge on any atom is -0.444 e. The van der Waals surface area contributed by atoms with E-state index in [1.807, 2.05) is 24.4 Å². The predicted octanol–water partition coefficient (Wildman–Crippen LogP) is 5.63. The summed E-state index contributed by atoms with van der Waals surface area (Å²) < 4.78 is 5.59. The van der Waals surface area contributed by atoms with E-state index in [0.717, 1.165) is 32.0 Å². The number of thiophene rings is 2. The van der Waals surface area contributed by atoms with Gasteiger partial charge in [-0.1, -0.05) is 17.8 Å². The summed E-state index contributed by atoms with van der Waals surface area (Å²) in [5.74, 6) is 2.23. The molecule has 0 saturated heterocycles. The number of fused-ring (bicyclic) bond motifs is 1. The van der Waals surface area contributed by atoms with Gasteiger partial charge in [-0.25, -0.2) is 15.0 Å². The molecule has 4 aromatic rings. The Hall–Kier alpha value is -1.70. The van der Waals surface area contributed by atoms with Crippen LogP contribution in [0.1, 0.15) is 22.0 Å². The smallest absolute Gasteiger partial charge is 0.236 e. The van der Waals surface area contributed by atoms with Gasteiger partial charge in [-0.2, -0.15) is 0 Å². The van der Waals surface area contributed by atoms with Gasteiger partial charge in [0.25, 0.3) is 0 Å². The predicted molar refractivity (Wildman–Crippen MR) is 101 cm³/mol. The van der Waals surface area contributed by atoms with Gasteiger partial charge >= 0.3 is 0 Å². The summed E-state index contributed by atoms with van der Waals surface area (Å²) in [4.78, 5) is 17.2. The van der Waals surface area contributed by atoms with Gasteiger partial charge in [0, 0.05) is 16.0 Å². The van der Waals surface area contributed by atoms with E-state index < -0.39 is 0 Å². The molecule has 0 fully saturated rings. The van der Waals surface area contributed by atoms with Crippen LogP contribution in [0.3, 0.4) is 0 Å². The molecule has 122 valence electrons. The molecule has 0 aliphatic heterocycles. The molecule has 4 rings (SSSR count). The fraction of sp³-hybridized carbons (Fsp3) is 0.235. The number of nitrogens with zero attached hydrogens (tertiary/aromatic N) is 3. The van der Waals surface area contributed by atoms with Crippen molar-refractivity contribution < 1.29 is 4.42 Å². The van der Waals surface area contributed by atoms with E-state index in [-0.39, 0.29) is 0 Å². The minimum absolute atomic E-state index is 0.687. The summed E-state index contributed by atoms with van der Waals surface area (Å²) in [6.45, 7) is 6.22. The molecule has 0 atom stereocenters. The Morgan fingerprint density at radius 3 is 2.83 bits per heavy atom. The maximum atomic E-state index is 5.59. The van der Waals surface area contributed by atoms with Crippen LogP contribution in [0.25, 0.3) is 21.0 Å². The summed E-state index contributed by atoms with van der Waals surface area (Å²) in [6.07, 6.45) is 1.74. The van der Waals surface area contributed by atoms with E-state index in [0.29, 0.717) is 5.89 Å². The van der Waals surface area contributed by atoms with E-state index >= 15 is 0 Å². The van der Waals surface area contributed by atoms with Crippen molar-refractivity contribution in [3.05, 3.63) is 45.7 Å². The van der Waals surface area contributed by atoms with Gasteiger partial charge in [-0.05, 0) is 37.8 Å². The van der Waals surface area contributed by atoms with Crippen molar-refractivity contribution in [3.63, 3.8) is 0 Å². The lowest BCUT2D eigenvalue weighted by atomic mass is 10.2. The Labute approximate surface area is 152 Å². The van der Waals surface area contributed by atoms with Gasteiger partial charge < -0.3 is 4.42 Å². The van der Waals surface area contributed by atoms with Gasteiger partial charge in [-0.15, -0.1) is 22.7 Å². The zero-order chi connectivity index (χ0) is 16.7. The third-order valence-electron chi connectivity index (χ3n) is 3.75. The van der Waals surface area contributed by atoms with Crippen LogP contribution >= 0.6 is 34.4 Å². The summed E-state index contributed by atoms with van der Waals surface area (Å²) in [5, 5.41) is 4.23. The van der Waals surface area contributed by atoms with Gasteiger partial charge in [0.1, 0.15) is 21.9 Å². The summed E-state index contributed by atoms with van der Waals surface area (Å²) in [7, 11) is 0. The van der Waals surface area contributed by atoms with Crippen LogP contribution in [0.2, 0.25) is 0 Å². The average Bonchev–Trinajstić information content (AvgIpc) is 3.26. The van der Waals surface area contributed by atoms with Crippen molar-refractivity contribution in [3.8, 4) is 10.8 Å². The summed E-state index contributed by atoms with van der Waals surface area (Å²) >= 11 is 5.06. The third-order valence-corrected chi connectivity index (χ3v) is 6.72. The topological polar surface area (TPSA) is 51.8 Å². The van der Waals surface area contributed by atoms with Crippen molar-refractivity contribution in [2.45, 2.75) is 31.6 Å². The SMILES string of the molecule is Cc1nc(SCc2coc(-c3cccs3)n2)c2c(C)c(C)sc2n1. The van der Waals surface area contributed by atoms with Crippen molar-refractivity contribution in [2.24, 2.45) is 0 Å². The summed E-state index contributed by atoms with van der Waals surface area (Å²) in [5.41, 5.74) is 2.20. The zero-order valence-corrected chi connectivity index (χ0v) is 15.9. The molecule has 4 heterocycles. The highest BCUT2D eigenvalue weighted by molar-refractivity contribution is 7.98. The molecule has 0 spiro atoms. The lowest BCUT2D eigenvalue weighted by molar-refractivity contribution is 0.575.